The van der Waals surface area contributed by atoms with E-state index in [9.17, 15) is 0 Å². The number of halogens is 3. The Morgan fingerprint density at radius 2 is 1.29 bits per heavy atom. The Bertz CT molecular complexity index is 495. The van der Waals surface area contributed by atoms with Gasteiger partial charge in [-0.05, 0) is 36.1 Å². The predicted octanol–water partition coefficient (Wildman–Crippen LogP) is -5.27. The van der Waals surface area contributed by atoms with Crippen molar-refractivity contribution in [2.75, 3.05) is 39.8 Å². The van der Waals surface area contributed by atoms with Crippen LogP contribution in [0.2, 0.25) is 0 Å². The van der Waals surface area contributed by atoms with Gasteiger partial charge in [0.05, 0.1) is 33.0 Å². The first-order valence-corrected chi connectivity index (χ1v) is 8.99. The second-order valence-electron chi connectivity index (χ2n) is 5.86. The van der Waals surface area contributed by atoms with Crippen molar-refractivity contribution in [3.05, 3.63) is 23.3 Å². The number of hydrogen-bond donors (Lipinski definition) is 0. The standard InChI is InChI=1S/C19H30O5.3ClH.V/c1-3-5-7-20-8-9-21-10-11-22-14-17-13-19-18(23-15-24-19)12-16(17)6-4-2;;;;/h12-13H,3-11,14-15H2,1-2H3;3*1H;/p-3. The molecule has 0 aromatic heterocycles. The molecule has 1 aliphatic rings. The normalized spacial score (nSPS) is 10.9. The summed E-state index contributed by atoms with van der Waals surface area (Å²) >= 11 is 0. The molecule has 0 N–H and O–H groups in total. The Hall–Kier alpha value is 0.154. The Kier molecular flexibility index (Phi) is 23.9. The average molecular weight is 496 g/mol. The van der Waals surface area contributed by atoms with Crippen LogP contribution in [0.1, 0.15) is 44.2 Å². The summed E-state index contributed by atoms with van der Waals surface area (Å²) in [6.07, 6.45) is 4.38. The largest absolute Gasteiger partial charge is 1.00 e. The number of hydrogen-bond acceptors (Lipinski definition) is 5. The van der Waals surface area contributed by atoms with E-state index in [-0.39, 0.29) is 55.8 Å². The van der Waals surface area contributed by atoms with Crippen LogP contribution < -0.4 is 46.7 Å². The fourth-order valence-electron chi connectivity index (χ4n) is 2.53. The summed E-state index contributed by atoms with van der Waals surface area (Å²) in [5.74, 6) is 1.66. The molecule has 0 unspecified atom stereocenters. The number of ether oxygens (including phenoxy) is 5. The molecule has 0 aliphatic carbocycles. The van der Waals surface area contributed by atoms with Gasteiger partial charge < -0.3 is 60.9 Å². The number of rotatable bonds is 13. The minimum absolute atomic E-state index is 0. The first-order valence-electron chi connectivity index (χ1n) is 8.99. The van der Waals surface area contributed by atoms with E-state index in [1.807, 2.05) is 6.07 Å². The van der Waals surface area contributed by atoms with E-state index >= 15 is 0 Å². The topological polar surface area (TPSA) is 46.2 Å². The molecule has 0 atom stereocenters. The van der Waals surface area contributed by atoms with Crippen LogP contribution in [0.3, 0.4) is 0 Å². The number of fused-ring (bicyclic) bond motifs is 1. The molecular formula is C19H30Cl3O5V-3. The maximum atomic E-state index is 5.75. The first kappa shape index (κ1) is 32.8. The van der Waals surface area contributed by atoms with Crippen LogP contribution in [0.25, 0.3) is 0 Å². The molecule has 0 saturated heterocycles. The van der Waals surface area contributed by atoms with Gasteiger partial charge in [-0.15, -0.1) is 0 Å². The van der Waals surface area contributed by atoms with Crippen molar-refractivity contribution >= 4 is 0 Å². The molecule has 2 rings (SSSR count). The van der Waals surface area contributed by atoms with Crippen molar-refractivity contribution < 1.29 is 79.5 Å². The van der Waals surface area contributed by atoms with Crippen molar-refractivity contribution in [3.8, 4) is 11.5 Å². The molecule has 0 fully saturated rings. The minimum atomic E-state index is 0. The van der Waals surface area contributed by atoms with E-state index in [4.69, 9.17) is 23.7 Å². The smallest absolute Gasteiger partial charge is 0.231 e. The summed E-state index contributed by atoms with van der Waals surface area (Å²) in [6, 6.07) is 4.12. The average Bonchev–Trinajstić information content (AvgIpc) is 3.04. The van der Waals surface area contributed by atoms with Gasteiger partial charge in [0.2, 0.25) is 6.79 Å². The van der Waals surface area contributed by atoms with Gasteiger partial charge in [0.1, 0.15) is 0 Å². The van der Waals surface area contributed by atoms with E-state index < -0.39 is 0 Å². The number of aryl methyl sites for hydroxylation is 1. The molecule has 9 heteroatoms. The second kappa shape index (κ2) is 20.4. The monoisotopic (exact) mass is 494 g/mol. The Balaban J connectivity index is -0.00000156. The van der Waals surface area contributed by atoms with Crippen molar-refractivity contribution in [3.63, 3.8) is 0 Å². The third kappa shape index (κ3) is 12.0. The van der Waals surface area contributed by atoms with E-state index in [0.717, 1.165) is 43.8 Å². The van der Waals surface area contributed by atoms with Gasteiger partial charge in [-0.2, -0.15) is 0 Å². The van der Waals surface area contributed by atoms with Crippen LogP contribution in [0.5, 0.6) is 11.5 Å². The number of unbranched alkanes of at least 4 members (excludes halogenated alkanes) is 1. The van der Waals surface area contributed by atoms with Gasteiger partial charge in [-0.3, -0.25) is 0 Å². The molecule has 0 amide bonds. The summed E-state index contributed by atoms with van der Waals surface area (Å²) in [4.78, 5) is 0. The molecule has 0 saturated carbocycles. The van der Waals surface area contributed by atoms with Gasteiger partial charge in [-0.25, -0.2) is 0 Å². The summed E-state index contributed by atoms with van der Waals surface area (Å²) in [6.45, 7) is 8.47. The second-order valence-corrected chi connectivity index (χ2v) is 5.86. The van der Waals surface area contributed by atoms with Crippen LogP contribution in [-0.4, -0.2) is 39.8 Å². The third-order valence-corrected chi connectivity index (χ3v) is 3.86. The van der Waals surface area contributed by atoms with E-state index in [2.05, 4.69) is 19.9 Å². The van der Waals surface area contributed by atoms with Crippen molar-refractivity contribution in [1.82, 2.24) is 0 Å². The van der Waals surface area contributed by atoms with Crippen LogP contribution in [0.15, 0.2) is 12.1 Å². The maximum Gasteiger partial charge on any atom is 0.231 e. The molecule has 5 nitrogen and oxygen atoms in total. The van der Waals surface area contributed by atoms with Gasteiger partial charge in [-0.1, -0.05) is 26.7 Å². The molecule has 1 aromatic carbocycles. The number of benzene rings is 1. The maximum absolute atomic E-state index is 5.75. The van der Waals surface area contributed by atoms with Gasteiger partial charge in [0.25, 0.3) is 0 Å². The molecule has 0 bridgehead atoms. The molecule has 28 heavy (non-hydrogen) atoms. The van der Waals surface area contributed by atoms with Crippen LogP contribution >= 0.6 is 0 Å². The zero-order chi connectivity index (χ0) is 17.0. The van der Waals surface area contributed by atoms with Crippen LogP contribution in [0.4, 0.5) is 0 Å². The molecule has 1 radical (unpaired) electrons. The Morgan fingerprint density at radius 1 is 0.750 bits per heavy atom. The fourth-order valence-corrected chi connectivity index (χ4v) is 2.53. The van der Waals surface area contributed by atoms with Gasteiger partial charge in [0, 0.05) is 25.2 Å². The van der Waals surface area contributed by atoms with E-state index in [1.165, 1.54) is 11.1 Å². The molecular weight excluding hydrogens is 466 g/mol. The van der Waals surface area contributed by atoms with E-state index in [0.29, 0.717) is 39.8 Å². The zero-order valence-electron chi connectivity index (χ0n) is 16.6. The SMILES string of the molecule is CCCCOCCOCCOCc1cc2c(cc1CCC)OCO2.[Cl-].[Cl-].[Cl-].[V]. The molecule has 0 spiro atoms. The first-order chi connectivity index (χ1) is 11.8. The van der Waals surface area contributed by atoms with E-state index in [1.54, 1.807) is 0 Å². The summed E-state index contributed by atoms with van der Waals surface area (Å²) in [5.41, 5.74) is 2.44. The third-order valence-electron chi connectivity index (χ3n) is 3.86. The fraction of sp³-hybridized carbons (Fsp3) is 0.684. The zero-order valence-corrected chi connectivity index (χ0v) is 20.2. The van der Waals surface area contributed by atoms with Crippen LogP contribution in [0, 0.1) is 0 Å². The summed E-state index contributed by atoms with van der Waals surface area (Å²) in [5, 5.41) is 0. The van der Waals surface area contributed by atoms with Gasteiger partial charge in [0.15, 0.2) is 11.5 Å². The molecule has 1 aromatic rings. The summed E-state index contributed by atoms with van der Waals surface area (Å²) in [7, 11) is 0. The van der Waals surface area contributed by atoms with Crippen molar-refractivity contribution in [2.45, 2.75) is 46.1 Å². The predicted molar refractivity (Wildman–Crippen MR) is 92.8 cm³/mol. The summed E-state index contributed by atoms with van der Waals surface area (Å²) < 4.78 is 27.6. The van der Waals surface area contributed by atoms with Gasteiger partial charge >= 0.3 is 0 Å². The molecule has 165 valence electrons. The van der Waals surface area contributed by atoms with Crippen molar-refractivity contribution in [2.24, 2.45) is 0 Å². The Morgan fingerprint density at radius 3 is 1.86 bits per heavy atom. The Labute approximate surface area is 199 Å². The molecule has 1 aliphatic heterocycles. The van der Waals surface area contributed by atoms with Crippen molar-refractivity contribution in [1.29, 1.82) is 0 Å². The minimum Gasteiger partial charge on any atom is -1.00 e. The molecule has 1 heterocycles. The van der Waals surface area contributed by atoms with Crippen LogP contribution in [-0.2, 0) is 45.8 Å². The quantitative estimate of drug-likeness (QED) is 0.256.